The molecular formula is C26H26F6N2O5S. The summed E-state index contributed by atoms with van der Waals surface area (Å²) in [6.45, 7) is 2.80. The summed E-state index contributed by atoms with van der Waals surface area (Å²) in [7, 11) is 1.07. The number of rotatable bonds is 5. The number of thioether (sulfide) groups is 1. The number of hydrogen-bond donors (Lipinski definition) is 0. The zero-order valence-electron chi connectivity index (χ0n) is 21.7. The van der Waals surface area contributed by atoms with E-state index in [-0.39, 0.29) is 24.7 Å². The second-order valence-electron chi connectivity index (χ2n) is 9.39. The number of carbonyl (C=O) groups excluding carboxylic acids is 2. The van der Waals surface area contributed by atoms with Gasteiger partial charge < -0.3 is 14.3 Å². The molecule has 14 heteroatoms. The minimum atomic E-state index is -5.04. The van der Waals surface area contributed by atoms with Gasteiger partial charge in [0.2, 0.25) is 0 Å². The molecule has 2 atom stereocenters. The van der Waals surface area contributed by atoms with Gasteiger partial charge in [-0.3, -0.25) is 4.90 Å². The molecule has 4 rings (SSSR count). The standard InChI is InChI=1S/C26H26F6N2O5S/c1-4-38-24(36)39-34-14(2)5-21(20-8-16-12-40-13-17(16)9-22(20)34)33(23(35)37-3)11-15-6-18(25(27,28)29)10-19(7-15)26(30,31)32/h6-10,14,21H,4-5,11-13H2,1-3H3/t14-,21+/m1/s1. The largest absolute Gasteiger partial charge is 0.533 e. The third kappa shape index (κ3) is 6.21. The molecule has 0 aliphatic carbocycles. The lowest BCUT2D eigenvalue weighted by Crippen LogP contribution is -2.46. The highest BCUT2D eigenvalue weighted by Crippen LogP contribution is 2.46. The molecule has 2 aliphatic rings. The Bertz CT molecular complexity index is 1250. The highest BCUT2D eigenvalue weighted by Gasteiger charge is 2.41. The topological polar surface area (TPSA) is 68.3 Å². The van der Waals surface area contributed by atoms with Gasteiger partial charge in [0.15, 0.2) is 0 Å². The molecule has 2 heterocycles. The van der Waals surface area contributed by atoms with Crippen molar-refractivity contribution in [2.24, 2.45) is 0 Å². The van der Waals surface area contributed by atoms with Crippen molar-refractivity contribution in [1.29, 1.82) is 0 Å². The Morgan fingerprint density at radius 2 is 1.60 bits per heavy atom. The number of nitrogens with zero attached hydrogens (tertiary/aromatic N) is 2. The Morgan fingerprint density at radius 3 is 2.15 bits per heavy atom. The fraction of sp³-hybridized carbons (Fsp3) is 0.462. The number of alkyl halides is 6. The van der Waals surface area contributed by atoms with Crippen LogP contribution in [0.4, 0.5) is 41.6 Å². The van der Waals surface area contributed by atoms with Crippen molar-refractivity contribution in [3.63, 3.8) is 0 Å². The maximum atomic E-state index is 13.5. The Labute approximate surface area is 230 Å². The predicted molar refractivity (Wildman–Crippen MR) is 133 cm³/mol. The highest BCUT2D eigenvalue weighted by atomic mass is 32.2. The zero-order chi connectivity index (χ0) is 29.4. The van der Waals surface area contributed by atoms with Crippen LogP contribution >= 0.6 is 11.8 Å². The number of hydroxylamine groups is 1. The second kappa shape index (κ2) is 11.3. The number of methoxy groups -OCH3 is 1. The van der Waals surface area contributed by atoms with Crippen LogP contribution in [0.2, 0.25) is 0 Å². The van der Waals surface area contributed by atoms with Gasteiger partial charge in [0.05, 0.1) is 42.6 Å². The van der Waals surface area contributed by atoms with Gasteiger partial charge in [0, 0.05) is 23.6 Å². The van der Waals surface area contributed by atoms with Crippen molar-refractivity contribution in [1.82, 2.24) is 4.90 Å². The zero-order valence-corrected chi connectivity index (χ0v) is 22.5. The van der Waals surface area contributed by atoms with E-state index in [1.54, 1.807) is 25.6 Å². The van der Waals surface area contributed by atoms with Crippen LogP contribution in [0.5, 0.6) is 0 Å². The smallest absolute Gasteiger partial charge is 0.453 e. The molecule has 7 nitrogen and oxygen atoms in total. The maximum absolute atomic E-state index is 13.5. The van der Waals surface area contributed by atoms with Crippen molar-refractivity contribution in [2.75, 3.05) is 18.8 Å². The van der Waals surface area contributed by atoms with Crippen molar-refractivity contribution in [3.8, 4) is 0 Å². The molecule has 218 valence electrons. The van der Waals surface area contributed by atoms with Crippen LogP contribution in [0.15, 0.2) is 30.3 Å². The minimum absolute atomic E-state index is 0.0372. The molecule has 2 aromatic rings. The third-order valence-electron chi connectivity index (χ3n) is 6.65. The van der Waals surface area contributed by atoms with Crippen LogP contribution < -0.4 is 5.06 Å². The molecule has 0 unspecified atom stereocenters. The molecule has 0 fully saturated rings. The average molecular weight is 593 g/mol. The summed E-state index contributed by atoms with van der Waals surface area (Å²) in [5.41, 5.74) is -0.450. The fourth-order valence-electron chi connectivity index (χ4n) is 4.86. The summed E-state index contributed by atoms with van der Waals surface area (Å²) in [6.07, 6.45) is -11.8. The molecule has 0 aromatic heterocycles. The average Bonchev–Trinajstić information content (AvgIpc) is 3.34. The van der Waals surface area contributed by atoms with Crippen LogP contribution in [0.3, 0.4) is 0 Å². The Kier molecular flexibility index (Phi) is 8.38. The third-order valence-corrected chi connectivity index (χ3v) is 7.68. The molecule has 0 N–H and O–H groups in total. The number of benzene rings is 2. The lowest BCUT2D eigenvalue weighted by molar-refractivity contribution is -0.143. The first-order valence-electron chi connectivity index (χ1n) is 12.2. The van der Waals surface area contributed by atoms with Gasteiger partial charge in [-0.1, -0.05) is 6.07 Å². The highest BCUT2D eigenvalue weighted by molar-refractivity contribution is 7.98. The van der Waals surface area contributed by atoms with Gasteiger partial charge in [0.25, 0.3) is 0 Å². The first-order valence-corrected chi connectivity index (χ1v) is 13.4. The van der Waals surface area contributed by atoms with Crippen molar-refractivity contribution in [2.45, 2.75) is 62.8 Å². The fourth-order valence-corrected chi connectivity index (χ4v) is 5.94. The van der Waals surface area contributed by atoms with Gasteiger partial charge in [-0.05, 0) is 61.2 Å². The van der Waals surface area contributed by atoms with Crippen LogP contribution in [0.1, 0.15) is 59.7 Å². The first kappa shape index (κ1) is 29.7. The summed E-state index contributed by atoms with van der Waals surface area (Å²) in [5, 5.41) is 1.36. The van der Waals surface area contributed by atoms with Crippen molar-refractivity contribution >= 4 is 29.7 Å². The van der Waals surface area contributed by atoms with Gasteiger partial charge in [-0.25, -0.2) is 14.7 Å². The van der Waals surface area contributed by atoms with Crippen LogP contribution in [0.25, 0.3) is 0 Å². The number of anilines is 1. The summed E-state index contributed by atoms with van der Waals surface area (Å²) in [5.74, 6) is 1.37. The summed E-state index contributed by atoms with van der Waals surface area (Å²) in [4.78, 5) is 31.7. The number of fused-ring (bicyclic) bond motifs is 2. The number of carbonyl (C=O) groups is 2. The molecule has 2 aromatic carbocycles. The van der Waals surface area contributed by atoms with Gasteiger partial charge in [-0.15, -0.1) is 0 Å². The van der Waals surface area contributed by atoms with Gasteiger partial charge in [-0.2, -0.15) is 38.1 Å². The van der Waals surface area contributed by atoms with E-state index in [1.165, 1.54) is 5.06 Å². The van der Waals surface area contributed by atoms with Crippen LogP contribution in [0, 0.1) is 0 Å². The van der Waals surface area contributed by atoms with E-state index in [4.69, 9.17) is 14.3 Å². The van der Waals surface area contributed by atoms with Gasteiger partial charge >= 0.3 is 24.6 Å². The number of ether oxygens (including phenoxy) is 2. The van der Waals surface area contributed by atoms with Crippen LogP contribution in [-0.4, -0.2) is 36.9 Å². The Hall–Kier alpha value is -3.29. The Morgan fingerprint density at radius 1 is 1.00 bits per heavy atom. The second-order valence-corrected chi connectivity index (χ2v) is 10.4. The summed E-state index contributed by atoms with van der Waals surface area (Å²) < 4.78 is 90.8. The number of hydrogen-bond acceptors (Lipinski definition) is 7. The van der Waals surface area contributed by atoms with E-state index < -0.39 is 54.4 Å². The molecule has 0 spiro atoms. The quantitative estimate of drug-likeness (QED) is 0.264. The first-order chi connectivity index (χ1) is 18.7. The van der Waals surface area contributed by atoms with E-state index >= 15 is 0 Å². The molecule has 0 radical (unpaired) electrons. The maximum Gasteiger partial charge on any atom is 0.533 e. The lowest BCUT2D eigenvalue weighted by Gasteiger charge is -2.42. The van der Waals surface area contributed by atoms with Crippen molar-refractivity contribution < 1.29 is 50.2 Å². The molecule has 0 saturated carbocycles. The van der Waals surface area contributed by atoms with E-state index in [0.29, 0.717) is 34.9 Å². The Balaban J connectivity index is 1.80. The molecule has 1 amide bonds. The SMILES string of the molecule is CCOC(=O)ON1c2cc3c(cc2[C@@H](N(Cc2cc(C(F)(F)F)cc(C(F)(F)F)c2)C(=O)OC)C[C@H]1C)CSC3. The van der Waals surface area contributed by atoms with E-state index in [9.17, 15) is 35.9 Å². The van der Waals surface area contributed by atoms with E-state index in [0.717, 1.165) is 23.1 Å². The normalized spacial score (nSPS) is 18.6. The minimum Gasteiger partial charge on any atom is -0.453 e. The number of amides is 1. The molecule has 40 heavy (non-hydrogen) atoms. The van der Waals surface area contributed by atoms with Gasteiger partial charge in [0.1, 0.15) is 0 Å². The summed E-state index contributed by atoms with van der Waals surface area (Å²) >= 11 is 1.65. The van der Waals surface area contributed by atoms with E-state index in [1.807, 2.05) is 12.1 Å². The monoisotopic (exact) mass is 592 g/mol. The van der Waals surface area contributed by atoms with E-state index in [2.05, 4.69) is 0 Å². The lowest BCUT2D eigenvalue weighted by atomic mass is 9.89. The predicted octanol–water partition coefficient (Wildman–Crippen LogP) is 7.47. The van der Waals surface area contributed by atoms with Crippen molar-refractivity contribution in [3.05, 3.63) is 63.7 Å². The molecule has 0 bridgehead atoms. The molecular weight excluding hydrogens is 566 g/mol. The molecule has 0 saturated heterocycles. The summed E-state index contributed by atoms with van der Waals surface area (Å²) in [6, 6.07) is 3.49. The molecule has 2 aliphatic heterocycles. The number of halogens is 6. The van der Waals surface area contributed by atoms with Crippen LogP contribution in [-0.2, 0) is 44.7 Å².